The lowest BCUT2D eigenvalue weighted by Gasteiger charge is -2.27. The minimum Gasteiger partial charge on any atom is -0.339 e. The van der Waals surface area contributed by atoms with Crippen molar-refractivity contribution in [3.8, 4) is 5.69 Å². The first-order valence-electron chi connectivity index (χ1n) is 11.3. The molecule has 0 bridgehead atoms. The largest absolute Gasteiger partial charge is 0.339 e. The van der Waals surface area contributed by atoms with Crippen LogP contribution in [0.2, 0.25) is 0 Å². The third-order valence-corrected chi connectivity index (χ3v) is 6.07. The quantitative estimate of drug-likeness (QED) is 0.614. The van der Waals surface area contributed by atoms with Crippen LogP contribution in [0.15, 0.2) is 36.8 Å². The molecule has 1 fully saturated rings. The van der Waals surface area contributed by atoms with E-state index in [0.717, 1.165) is 48.6 Å². The highest BCUT2D eigenvalue weighted by atomic mass is 16.2. The monoisotopic (exact) mass is 433 g/mol. The maximum absolute atomic E-state index is 13.7. The summed E-state index contributed by atoms with van der Waals surface area (Å²) in [6.07, 6.45) is 8.02. The number of carbonyl (C=O) groups is 1. The Bertz CT molecular complexity index is 1080. The zero-order valence-corrected chi connectivity index (χ0v) is 19.3. The van der Waals surface area contributed by atoms with Gasteiger partial charge in [-0.15, -0.1) is 0 Å². The number of rotatable bonds is 5. The number of aromatic nitrogens is 5. The van der Waals surface area contributed by atoms with E-state index in [1.807, 2.05) is 36.2 Å². The van der Waals surface area contributed by atoms with Crippen LogP contribution in [0.5, 0.6) is 0 Å². The van der Waals surface area contributed by atoms with Crippen LogP contribution < -0.4 is 4.90 Å². The van der Waals surface area contributed by atoms with E-state index in [1.54, 1.807) is 12.4 Å². The van der Waals surface area contributed by atoms with E-state index in [9.17, 15) is 4.79 Å². The van der Waals surface area contributed by atoms with E-state index in [1.165, 1.54) is 4.80 Å². The van der Waals surface area contributed by atoms with Gasteiger partial charge in [0.15, 0.2) is 0 Å². The second-order valence-corrected chi connectivity index (χ2v) is 8.51. The molecule has 0 saturated carbocycles. The summed E-state index contributed by atoms with van der Waals surface area (Å²) in [6.45, 7) is 10.5. The predicted molar refractivity (Wildman–Crippen MR) is 124 cm³/mol. The third-order valence-electron chi connectivity index (χ3n) is 6.07. The van der Waals surface area contributed by atoms with Crippen molar-refractivity contribution in [2.75, 3.05) is 24.5 Å². The first-order valence-corrected chi connectivity index (χ1v) is 11.3. The standard InChI is InChI=1S/C24H31N7O/c1-5-6-21-18(3)16-25-24(28-21)29-12-9-19(4)30(14-13-29)23(32)20-15-17(2)7-8-22(20)31-26-10-11-27-31/h7-8,10-11,15-16,19H,5-6,9,12-14H2,1-4H3/t19-/m0/s1. The number of aryl methyl sites for hydroxylation is 3. The third kappa shape index (κ3) is 4.49. The Balaban J connectivity index is 1.57. The Morgan fingerprint density at radius 1 is 1.12 bits per heavy atom. The second kappa shape index (κ2) is 9.46. The van der Waals surface area contributed by atoms with Gasteiger partial charge in [0.1, 0.15) is 0 Å². The number of carbonyl (C=O) groups excluding carboxylic acids is 1. The number of amides is 1. The highest BCUT2D eigenvalue weighted by Crippen LogP contribution is 2.22. The van der Waals surface area contributed by atoms with Crippen LogP contribution in [0.4, 0.5) is 5.95 Å². The Morgan fingerprint density at radius 3 is 2.66 bits per heavy atom. The zero-order valence-electron chi connectivity index (χ0n) is 19.3. The molecule has 0 N–H and O–H groups in total. The summed E-state index contributed by atoms with van der Waals surface area (Å²) in [5, 5.41) is 8.47. The molecule has 1 aliphatic rings. The lowest BCUT2D eigenvalue weighted by Crippen LogP contribution is -2.40. The van der Waals surface area contributed by atoms with E-state index in [2.05, 4.69) is 40.9 Å². The summed E-state index contributed by atoms with van der Waals surface area (Å²) < 4.78 is 0. The fourth-order valence-electron chi connectivity index (χ4n) is 4.16. The van der Waals surface area contributed by atoms with Gasteiger partial charge in [-0.2, -0.15) is 15.0 Å². The van der Waals surface area contributed by atoms with Gasteiger partial charge in [0.05, 0.1) is 23.6 Å². The summed E-state index contributed by atoms with van der Waals surface area (Å²) in [7, 11) is 0. The van der Waals surface area contributed by atoms with Crippen molar-refractivity contribution in [1.82, 2.24) is 29.9 Å². The topological polar surface area (TPSA) is 80.0 Å². The molecule has 1 amide bonds. The molecule has 1 saturated heterocycles. The molecule has 168 valence electrons. The average Bonchev–Trinajstić information content (AvgIpc) is 3.25. The summed E-state index contributed by atoms with van der Waals surface area (Å²) in [5.74, 6) is 0.768. The van der Waals surface area contributed by atoms with E-state index in [4.69, 9.17) is 4.98 Å². The molecule has 8 heteroatoms. The van der Waals surface area contributed by atoms with Crippen molar-refractivity contribution in [3.05, 3.63) is 59.2 Å². The van der Waals surface area contributed by atoms with Crippen LogP contribution in [-0.2, 0) is 6.42 Å². The fraction of sp³-hybridized carbons (Fsp3) is 0.458. The number of hydrogen-bond donors (Lipinski definition) is 0. The zero-order chi connectivity index (χ0) is 22.7. The molecule has 0 radical (unpaired) electrons. The first-order chi connectivity index (χ1) is 15.5. The second-order valence-electron chi connectivity index (χ2n) is 8.51. The van der Waals surface area contributed by atoms with Crippen molar-refractivity contribution in [1.29, 1.82) is 0 Å². The SMILES string of the molecule is CCCc1nc(N2CC[C@H](C)N(C(=O)c3cc(C)ccc3-n3nccn3)CC2)ncc1C. The fourth-order valence-corrected chi connectivity index (χ4v) is 4.16. The van der Waals surface area contributed by atoms with Gasteiger partial charge in [-0.3, -0.25) is 4.79 Å². The first kappa shape index (κ1) is 21.9. The maximum atomic E-state index is 13.7. The highest BCUT2D eigenvalue weighted by Gasteiger charge is 2.28. The average molecular weight is 434 g/mol. The van der Waals surface area contributed by atoms with Gasteiger partial charge in [0.25, 0.3) is 5.91 Å². The van der Waals surface area contributed by atoms with Gasteiger partial charge < -0.3 is 9.80 Å². The van der Waals surface area contributed by atoms with Gasteiger partial charge in [0.2, 0.25) is 5.95 Å². The van der Waals surface area contributed by atoms with Crippen molar-refractivity contribution >= 4 is 11.9 Å². The molecule has 4 rings (SSSR count). The molecule has 3 heterocycles. The lowest BCUT2D eigenvalue weighted by atomic mass is 10.1. The highest BCUT2D eigenvalue weighted by molar-refractivity contribution is 5.98. The van der Waals surface area contributed by atoms with Crippen molar-refractivity contribution in [2.45, 2.75) is 53.0 Å². The van der Waals surface area contributed by atoms with Gasteiger partial charge >= 0.3 is 0 Å². The van der Waals surface area contributed by atoms with Gasteiger partial charge in [0, 0.05) is 37.6 Å². The van der Waals surface area contributed by atoms with Crippen LogP contribution in [-0.4, -0.2) is 61.4 Å². The number of anilines is 1. The molecule has 8 nitrogen and oxygen atoms in total. The molecular formula is C24H31N7O. The van der Waals surface area contributed by atoms with Crippen LogP contribution in [0.25, 0.3) is 5.69 Å². The smallest absolute Gasteiger partial charge is 0.256 e. The molecule has 1 aromatic carbocycles. The molecule has 1 aliphatic heterocycles. The Kier molecular flexibility index (Phi) is 6.48. The molecule has 0 spiro atoms. The van der Waals surface area contributed by atoms with Crippen molar-refractivity contribution in [2.24, 2.45) is 0 Å². The minimum atomic E-state index is 0.00634. The van der Waals surface area contributed by atoms with E-state index >= 15 is 0 Å². The van der Waals surface area contributed by atoms with Gasteiger partial charge in [-0.25, -0.2) is 9.97 Å². The lowest BCUT2D eigenvalue weighted by molar-refractivity contribution is 0.0704. The number of nitrogens with zero attached hydrogens (tertiary/aromatic N) is 7. The Hall–Kier alpha value is -3.29. The normalized spacial score (nSPS) is 16.8. The molecular weight excluding hydrogens is 402 g/mol. The Labute approximate surface area is 189 Å². The minimum absolute atomic E-state index is 0.00634. The van der Waals surface area contributed by atoms with Gasteiger partial charge in [-0.05, 0) is 51.3 Å². The molecule has 1 atom stereocenters. The summed E-state index contributed by atoms with van der Waals surface area (Å²) in [6, 6.07) is 5.92. The number of benzene rings is 1. The Morgan fingerprint density at radius 2 is 1.91 bits per heavy atom. The van der Waals surface area contributed by atoms with Crippen molar-refractivity contribution < 1.29 is 4.79 Å². The summed E-state index contributed by atoms with van der Waals surface area (Å²) in [4.78, 5) is 28.8. The summed E-state index contributed by atoms with van der Waals surface area (Å²) >= 11 is 0. The predicted octanol–water partition coefficient (Wildman–Crippen LogP) is 3.37. The van der Waals surface area contributed by atoms with E-state index < -0.39 is 0 Å². The number of hydrogen-bond acceptors (Lipinski definition) is 6. The molecule has 32 heavy (non-hydrogen) atoms. The molecule has 2 aromatic heterocycles. The molecule has 3 aromatic rings. The molecule has 0 unspecified atom stereocenters. The van der Waals surface area contributed by atoms with E-state index in [0.29, 0.717) is 24.3 Å². The summed E-state index contributed by atoms with van der Waals surface area (Å²) in [5.41, 5.74) is 4.60. The maximum Gasteiger partial charge on any atom is 0.256 e. The van der Waals surface area contributed by atoms with Crippen LogP contribution >= 0.6 is 0 Å². The van der Waals surface area contributed by atoms with E-state index in [-0.39, 0.29) is 11.9 Å². The molecule has 0 aliphatic carbocycles. The van der Waals surface area contributed by atoms with Crippen LogP contribution in [0.1, 0.15) is 53.9 Å². The van der Waals surface area contributed by atoms with Crippen LogP contribution in [0.3, 0.4) is 0 Å². The van der Waals surface area contributed by atoms with Crippen LogP contribution in [0, 0.1) is 13.8 Å². The van der Waals surface area contributed by atoms with Crippen molar-refractivity contribution in [3.63, 3.8) is 0 Å². The van der Waals surface area contributed by atoms with Gasteiger partial charge in [-0.1, -0.05) is 25.0 Å².